The Labute approximate surface area is 179 Å². The third-order valence-electron chi connectivity index (χ3n) is 5.95. The molecule has 2 bridgehead atoms. The minimum atomic E-state index is -0.261. The number of anilines is 3. The lowest BCUT2D eigenvalue weighted by molar-refractivity contribution is 0.0962. The highest BCUT2D eigenvalue weighted by Gasteiger charge is 2.50. The van der Waals surface area contributed by atoms with E-state index < -0.39 is 0 Å². The summed E-state index contributed by atoms with van der Waals surface area (Å²) in [6.45, 7) is 7.98. The number of carbonyl (C=O) groups is 1. The Kier molecular flexibility index (Phi) is 4.93. The second-order valence-electron chi connectivity index (χ2n) is 9.39. The van der Waals surface area contributed by atoms with Crippen LogP contribution in [0.25, 0.3) is 0 Å². The van der Waals surface area contributed by atoms with Crippen LogP contribution in [0.15, 0.2) is 35.1 Å². The number of nitrogen functional groups attached to an aromatic ring is 1. The molecule has 2 aromatic rings. The van der Waals surface area contributed by atoms with Crippen molar-refractivity contribution in [2.24, 2.45) is 10.8 Å². The van der Waals surface area contributed by atoms with Crippen LogP contribution in [-0.2, 0) is 0 Å². The van der Waals surface area contributed by atoms with Crippen molar-refractivity contribution in [2.75, 3.05) is 22.6 Å². The number of benzene rings is 1. The highest BCUT2D eigenvalue weighted by atomic mass is 79.9. The number of halogens is 1. The van der Waals surface area contributed by atoms with Crippen LogP contribution in [0.4, 0.5) is 17.3 Å². The maximum atomic E-state index is 12.4. The number of nitrogens with zero attached hydrogens (tertiary/aromatic N) is 3. The maximum Gasteiger partial charge on any atom is 0.269 e. The Balaban J connectivity index is 1.51. The minimum Gasteiger partial charge on any atom is -0.393 e. The number of nitrogens with one attached hydrogen (secondary N) is 2. The van der Waals surface area contributed by atoms with Gasteiger partial charge in [-0.25, -0.2) is 9.97 Å². The lowest BCUT2D eigenvalue weighted by Crippen LogP contribution is -2.35. The summed E-state index contributed by atoms with van der Waals surface area (Å²) in [5.41, 5.74) is 13.5. The van der Waals surface area contributed by atoms with Crippen molar-refractivity contribution >= 4 is 39.2 Å². The molecule has 0 spiro atoms. The molecule has 1 aliphatic heterocycles. The van der Waals surface area contributed by atoms with Crippen LogP contribution in [0.1, 0.15) is 50.4 Å². The molecule has 2 fully saturated rings. The summed E-state index contributed by atoms with van der Waals surface area (Å²) < 4.78 is 0.916. The number of rotatable bonds is 4. The van der Waals surface area contributed by atoms with Crippen molar-refractivity contribution in [3.63, 3.8) is 0 Å². The lowest BCUT2D eigenvalue weighted by atomic mass is 9.65. The van der Waals surface area contributed by atoms with Gasteiger partial charge in [-0.1, -0.05) is 36.7 Å². The molecule has 4 rings (SSSR count). The summed E-state index contributed by atoms with van der Waals surface area (Å²) in [5, 5.41) is 0. The van der Waals surface area contributed by atoms with E-state index in [1.807, 2.05) is 12.1 Å². The fourth-order valence-electron chi connectivity index (χ4n) is 5.21. The molecule has 1 aliphatic carbocycles. The average molecular weight is 459 g/mol. The van der Waals surface area contributed by atoms with Gasteiger partial charge < -0.3 is 10.6 Å². The van der Waals surface area contributed by atoms with Crippen molar-refractivity contribution in [2.45, 2.75) is 46.1 Å². The molecule has 2 aliphatic rings. The van der Waals surface area contributed by atoms with Crippen molar-refractivity contribution < 1.29 is 4.79 Å². The molecule has 29 heavy (non-hydrogen) atoms. The second-order valence-corrected chi connectivity index (χ2v) is 10.3. The smallest absolute Gasteiger partial charge is 0.269 e. The first-order valence-corrected chi connectivity index (χ1v) is 10.6. The molecule has 4 N–H and O–H groups in total. The molecule has 1 saturated carbocycles. The van der Waals surface area contributed by atoms with Gasteiger partial charge in [-0.3, -0.25) is 15.6 Å². The van der Waals surface area contributed by atoms with Gasteiger partial charge in [0.25, 0.3) is 5.91 Å². The van der Waals surface area contributed by atoms with Crippen LogP contribution in [0, 0.1) is 10.8 Å². The van der Waals surface area contributed by atoms with Crippen molar-refractivity contribution in [3.05, 3.63) is 40.6 Å². The van der Waals surface area contributed by atoms with E-state index in [0.29, 0.717) is 28.5 Å². The first kappa shape index (κ1) is 19.9. The fourth-order valence-corrected chi connectivity index (χ4v) is 5.48. The first-order valence-electron chi connectivity index (χ1n) is 9.85. The summed E-state index contributed by atoms with van der Waals surface area (Å²) in [5.74, 6) is 0.890. The Hall–Kier alpha value is -2.35. The van der Waals surface area contributed by atoms with Gasteiger partial charge in [-0.15, -0.1) is 0 Å². The number of aromatic nitrogens is 2. The van der Waals surface area contributed by atoms with Gasteiger partial charge in [0.05, 0.1) is 0 Å². The monoisotopic (exact) mass is 458 g/mol. The van der Waals surface area contributed by atoms with E-state index >= 15 is 0 Å². The number of hydrazine groups is 1. The van der Waals surface area contributed by atoms with E-state index in [1.54, 1.807) is 12.1 Å². The zero-order valence-electron chi connectivity index (χ0n) is 17.0. The topological polar surface area (TPSA) is 96.2 Å². The van der Waals surface area contributed by atoms with Crippen LogP contribution < -0.4 is 21.5 Å². The molecule has 0 radical (unpaired) electrons. The number of fused-ring (bicyclic) bond motifs is 2. The molecule has 154 valence electrons. The van der Waals surface area contributed by atoms with Crippen LogP contribution in [0.3, 0.4) is 0 Å². The molecule has 1 aromatic carbocycles. The number of nitrogens with two attached hydrogens (primary N) is 1. The normalized spacial score (nSPS) is 25.0. The van der Waals surface area contributed by atoms with E-state index in [9.17, 15) is 4.79 Å². The SMILES string of the molecule is CC1(C)CC2CC(C)(CN2c2ncnc(NNC(=O)c3ccc(Br)cc3)c2N)C1. The summed E-state index contributed by atoms with van der Waals surface area (Å²) in [4.78, 5) is 23.4. The fraction of sp³-hybridized carbons (Fsp3) is 0.476. The highest BCUT2D eigenvalue weighted by Crippen LogP contribution is 2.53. The molecule has 2 heterocycles. The third kappa shape index (κ3) is 4.03. The van der Waals surface area contributed by atoms with Crippen molar-refractivity contribution in [1.82, 2.24) is 15.4 Å². The van der Waals surface area contributed by atoms with Crippen LogP contribution in [0.2, 0.25) is 0 Å². The number of amides is 1. The molecule has 1 saturated heterocycles. The minimum absolute atomic E-state index is 0.261. The van der Waals surface area contributed by atoms with E-state index in [0.717, 1.165) is 29.7 Å². The number of hydrogen-bond acceptors (Lipinski definition) is 6. The summed E-state index contributed by atoms with van der Waals surface area (Å²) in [7, 11) is 0. The molecular weight excluding hydrogens is 432 g/mol. The van der Waals surface area contributed by atoms with Crippen LogP contribution in [-0.4, -0.2) is 28.5 Å². The number of carbonyl (C=O) groups excluding carboxylic acids is 1. The number of hydrogen-bond donors (Lipinski definition) is 3. The maximum absolute atomic E-state index is 12.4. The van der Waals surface area contributed by atoms with Crippen molar-refractivity contribution in [1.29, 1.82) is 0 Å². The van der Waals surface area contributed by atoms with Gasteiger partial charge in [0.2, 0.25) is 0 Å². The molecule has 1 amide bonds. The van der Waals surface area contributed by atoms with Gasteiger partial charge in [0.15, 0.2) is 11.6 Å². The Morgan fingerprint density at radius 3 is 2.66 bits per heavy atom. The predicted molar refractivity (Wildman–Crippen MR) is 119 cm³/mol. The summed E-state index contributed by atoms with van der Waals surface area (Å²) in [6, 6.07) is 7.54. The largest absolute Gasteiger partial charge is 0.393 e. The quantitative estimate of drug-likeness (QED) is 0.599. The van der Waals surface area contributed by atoms with Gasteiger partial charge in [0, 0.05) is 22.6 Å². The Bertz CT molecular complexity index is 931. The first-order chi connectivity index (χ1) is 13.7. The lowest BCUT2D eigenvalue weighted by Gasteiger charge is -2.39. The molecule has 1 aromatic heterocycles. The molecular formula is C21H27BrN6O. The zero-order valence-corrected chi connectivity index (χ0v) is 18.6. The Morgan fingerprint density at radius 2 is 1.93 bits per heavy atom. The van der Waals surface area contributed by atoms with E-state index in [4.69, 9.17) is 5.73 Å². The van der Waals surface area contributed by atoms with Crippen molar-refractivity contribution in [3.8, 4) is 0 Å². The highest BCUT2D eigenvalue weighted by molar-refractivity contribution is 9.10. The Morgan fingerprint density at radius 1 is 1.21 bits per heavy atom. The van der Waals surface area contributed by atoms with Gasteiger partial charge in [-0.05, 0) is 54.4 Å². The van der Waals surface area contributed by atoms with E-state index in [-0.39, 0.29) is 11.3 Å². The van der Waals surface area contributed by atoms with Gasteiger partial charge >= 0.3 is 0 Å². The second kappa shape index (κ2) is 7.16. The standard InChI is InChI=1S/C21H27BrN6O/c1-20(2)8-15-9-21(3,10-20)11-28(15)18-16(23)17(24-12-25-18)26-27-19(29)13-4-6-14(22)7-5-13/h4-7,12,15H,8-11,23H2,1-3H3,(H,27,29)(H,24,25,26). The molecule has 7 nitrogen and oxygen atoms in total. The van der Waals surface area contributed by atoms with E-state index in [2.05, 4.69) is 62.4 Å². The molecule has 2 unspecified atom stereocenters. The summed E-state index contributed by atoms with van der Waals surface area (Å²) >= 11 is 3.36. The zero-order chi connectivity index (χ0) is 20.8. The van der Waals surface area contributed by atoms with Gasteiger partial charge in [-0.2, -0.15) is 0 Å². The average Bonchev–Trinajstić information content (AvgIpc) is 2.89. The molecule has 2 atom stereocenters. The van der Waals surface area contributed by atoms with Crippen LogP contribution >= 0.6 is 15.9 Å². The van der Waals surface area contributed by atoms with E-state index in [1.165, 1.54) is 12.7 Å². The van der Waals surface area contributed by atoms with Gasteiger partial charge in [0.1, 0.15) is 12.0 Å². The summed E-state index contributed by atoms with van der Waals surface area (Å²) in [6.07, 6.45) is 4.97. The molecule has 8 heteroatoms. The van der Waals surface area contributed by atoms with Crippen LogP contribution in [0.5, 0.6) is 0 Å². The third-order valence-corrected chi connectivity index (χ3v) is 6.48. The predicted octanol–water partition coefficient (Wildman–Crippen LogP) is 3.98.